The highest BCUT2D eigenvalue weighted by Gasteiger charge is 2.17. The number of pyridine rings is 1. The largest absolute Gasteiger partial charge is 0.398 e. The number of nitrogens with one attached hydrogen (secondary N) is 1. The maximum absolute atomic E-state index is 12.1. The number of nitrogen functional groups attached to an aromatic ring is 1. The normalized spacial score (nSPS) is 11.2. The summed E-state index contributed by atoms with van der Waals surface area (Å²) < 4.78 is 26.6. The van der Waals surface area contributed by atoms with Crippen LogP contribution in [0.25, 0.3) is 0 Å². The summed E-state index contributed by atoms with van der Waals surface area (Å²) in [6, 6.07) is 7.32. The Balaban J connectivity index is 2.37. The average Bonchev–Trinajstić information content (AvgIpc) is 2.29. The molecule has 0 amide bonds. The standard InChI is InChI=1S/C11H10ClN3O2S/c12-8-1-2-11(10(13)7-8)18(16,17)15-9-3-5-14-6-4-9/h1-7H,13H2,(H,14,15). The molecular formula is C11H10ClN3O2S. The monoisotopic (exact) mass is 283 g/mol. The molecule has 1 aromatic carbocycles. The zero-order chi connectivity index (χ0) is 13.2. The van der Waals surface area contributed by atoms with E-state index >= 15 is 0 Å². The lowest BCUT2D eigenvalue weighted by atomic mass is 10.3. The summed E-state index contributed by atoms with van der Waals surface area (Å²) in [5, 5.41) is 0.385. The van der Waals surface area contributed by atoms with E-state index in [-0.39, 0.29) is 10.6 Å². The molecule has 0 radical (unpaired) electrons. The van der Waals surface area contributed by atoms with E-state index in [0.717, 1.165) is 0 Å². The van der Waals surface area contributed by atoms with E-state index in [4.69, 9.17) is 17.3 Å². The van der Waals surface area contributed by atoms with E-state index in [9.17, 15) is 8.42 Å². The number of benzene rings is 1. The molecule has 0 unspecified atom stereocenters. The number of hydrogen-bond donors (Lipinski definition) is 2. The van der Waals surface area contributed by atoms with E-state index in [2.05, 4.69) is 9.71 Å². The van der Waals surface area contributed by atoms with Gasteiger partial charge in [0, 0.05) is 17.4 Å². The predicted molar refractivity (Wildman–Crippen MR) is 70.9 cm³/mol. The Morgan fingerprint density at radius 3 is 2.44 bits per heavy atom. The topological polar surface area (TPSA) is 85.1 Å². The van der Waals surface area contributed by atoms with Crippen LogP contribution in [0.1, 0.15) is 0 Å². The van der Waals surface area contributed by atoms with Crippen LogP contribution >= 0.6 is 11.6 Å². The van der Waals surface area contributed by atoms with Gasteiger partial charge in [0.1, 0.15) is 4.90 Å². The molecule has 0 saturated heterocycles. The summed E-state index contributed by atoms with van der Waals surface area (Å²) in [6.45, 7) is 0. The van der Waals surface area contributed by atoms with Gasteiger partial charge >= 0.3 is 0 Å². The Kier molecular flexibility index (Phi) is 3.40. The molecule has 0 spiro atoms. The van der Waals surface area contributed by atoms with E-state index in [0.29, 0.717) is 10.7 Å². The minimum atomic E-state index is -3.72. The van der Waals surface area contributed by atoms with Crippen LogP contribution in [-0.4, -0.2) is 13.4 Å². The molecule has 0 atom stereocenters. The van der Waals surface area contributed by atoms with Crippen LogP contribution < -0.4 is 10.5 Å². The van der Waals surface area contributed by atoms with Gasteiger partial charge in [-0.05, 0) is 30.3 Å². The molecule has 5 nitrogen and oxygen atoms in total. The van der Waals surface area contributed by atoms with Crippen molar-refractivity contribution in [2.24, 2.45) is 0 Å². The first-order chi connectivity index (χ1) is 8.49. The lowest BCUT2D eigenvalue weighted by molar-refractivity contribution is 0.601. The number of sulfonamides is 1. The van der Waals surface area contributed by atoms with Crippen molar-refractivity contribution in [1.29, 1.82) is 0 Å². The summed E-state index contributed by atoms with van der Waals surface area (Å²) in [4.78, 5) is 3.79. The van der Waals surface area contributed by atoms with Crippen LogP contribution in [0.5, 0.6) is 0 Å². The van der Waals surface area contributed by atoms with Gasteiger partial charge in [0.2, 0.25) is 0 Å². The molecule has 7 heteroatoms. The molecule has 1 aromatic heterocycles. The lowest BCUT2D eigenvalue weighted by Crippen LogP contribution is -2.14. The first-order valence-corrected chi connectivity index (χ1v) is 6.83. The highest BCUT2D eigenvalue weighted by Crippen LogP contribution is 2.24. The number of nitrogens with two attached hydrogens (primary N) is 1. The Bertz CT molecular complexity index is 659. The van der Waals surface area contributed by atoms with Crippen molar-refractivity contribution < 1.29 is 8.42 Å². The molecule has 0 saturated carbocycles. The van der Waals surface area contributed by atoms with Gasteiger partial charge in [0.25, 0.3) is 10.0 Å². The highest BCUT2D eigenvalue weighted by atomic mass is 35.5. The number of nitrogens with zero attached hydrogens (tertiary/aromatic N) is 1. The molecule has 0 fully saturated rings. The Morgan fingerprint density at radius 1 is 1.17 bits per heavy atom. The number of rotatable bonds is 3. The summed E-state index contributed by atoms with van der Waals surface area (Å²) >= 11 is 5.72. The first kappa shape index (κ1) is 12.7. The van der Waals surface area contributed by atoms with Gasteiger partial charge < -0.3 is 5.73 Å². The average molecular weight is 284 g/mol. The van der Waals surface area contributed by atoms with E-state index < -0.39 is 10.0 Å². The molecule has 0 aliphatic rings. The van der Waals surface area contributed by atoms with E-state index in [1.807, 2.05) is 0 Å². The van der Waals surface area contributed by atoms with Crippen LogP contribution in [0.4, 0.5) is 11.4 Å². The summed E-state index contributed by atoms with van der Waals surface area (Å²) in [7, 11) is -3.72. The van der Waals surface area contributed by atoms with Crippen molar-refractivity contribution >= 4 is 33.0 Å². The zero-order valence-corrected chi connectivity index (χ0v) is 10.7. The van der Waals surface area contributed by atoms with E-state index in [1.54, 1.807) is 12.1 Å². The van der Waals surface area contributed by atoms with Crippen LogP contribution in [0.2, 0.25) is 5.02 Å². The maximum atomic E-state index is 12.1. The van der Waals surface area contributed by atoms with E-state index in [1.165, 1.54) is 30.6 Å². The molecule has 2 aromatic rings. The molecule has 94 valence electrons. The predicted octanol–water partition coefficient (Wildman–Crippen LogP) is 2.12. The third kappa shape index (κ3) is 2.72. The number of anilines is 2. The van der Waals surface area contributed by atoms with Crippen LogP contribution in [0.15, 0.2) is 47.6 Å². The third-order valence-corrected chi connectivity index (χ3v) is 3.88. The quantitative estimate of drug-likeness (QED) is 0.845. The van der Waals surface area contributed by atoms with Crippen LogP contribution in [0, 0.1) is 0 Å². The third-order valence-electron chi connectivity index (χ3n) is 2.19. The molecule has 3 N–H and O–H groups in total. The number of aromatic nitrogens is 1. The molecule has 1 heterocycles. The van der Waals surface area contributed by atoms with Gasteiger partial charge in [-0.3, -0.25) is 9.71 Å². The SMILES string of the molecule is Nc1cc(Cl)ccc1S(=O)(=O)Nc1ccncc1. The summed E-state index contributed by atoms with van der Waals surface area (Å²) in [5.74, 6) is 0. The number of halogens is 1. The highest BCUT2D eigenvalue weighted by molar-refractivity contribution is 7.92. The second kappa shape index (κ2) is 4.83. The fourth-order valence-corrected chi connectivity index (χ4v) is 2.75. The molecule has 0 bridgehead atoms. The van der Waals surface area contributed by atoms with Crippen molar-refractivity contribution in [3.8, 4) is 0 Å². The van der Waals surface area contributed by atoms with Gasteiger partial charge in [-0.1, -0.05) is 11.6 Å². The minimum Gasteiger partial charge on any atom is -0.398 e. The fraction of sp³-hybridized carbons (Fsp3) is 0. The molecule has 18 heavy (non-hydrogen) atoms. The van der Waals surface area contributed by atoms with Gasteiger partial charge in [-0.2, -0.15) is 0 Å². The molecule has 0 aliphatic carbocycles. The molecule has 0 aliphatic heterocycles. The number of hydrogen-bond acceptors (Lipinski definition) is 4. The lowest BCUT2D eigenvalue weighted by Gasteiger charge is -2.09. The summed E-state index contributed by atoms with van der Waals surface area (Å²) in [5.41, 5.74) is 6.16. The van der Waals surface area contributed by atoms with Gasteiger partial charge in [0.15, 0.2) is 0 Å². The first-order valence-electron chi connectivity index (χ1n) is 4.97. The van der Waals surface area contributed by atoms with Crippen molar-refractivity contribution in [3.63, 3.8) is 0 Å². The zero-order valence-electron chi connectivity index (χ0n) is 9.17. The van der Waals surface area contributed by atoms with Crippen LogP contribution in [-0.2, 0) is 10.0 Å². The smallest absolute Gasteiger partial charge is 0.263 e. The van der Waals surface area contributed by atoms with Crippen molar-refractivity contribution in [1.82, 2.24) is 4.98 Å². The van der Waals surface area contributed by atoms with Crippen LogP contribution in [0.3, 0.4) is 0 Å². The van der Waals surface area contributed by atoms with Crippen molar-refractivity contribution in [3.05, 3.63) is 47.7 Å². The molecule has 2 rings (SSSR count). The Labute approximate surface area is 110 Å². The van der Waals surface area contributed by atoms with Crippen molar-refractivity contribution in [2.75, 3.05) is 10.5 Å². The summed E-state index contributed by atoms with van der Waals surface area (Å²) in [6.07, 6.45) is 2.98. The Hall–Kier alpha value is -1.79. The Morgan fingerprint density at radius 2 is 1.83 bits per heavy atom. The molecular weight excluding hydrogens is 274 g/mol. The van der Waals surface area contributed by atoms with Gasteiger partial charge in [-0.25, -0.2) is 8.42 Å². The van der Waals surface area contributed by atoms with Crippen molar-refractivity contribution in [2.45, 2.75) is 4.90 Å². The van der Waals surface area contributed by atoms with Gasteiger partial charge in [-0.15, -0.1) is 0 Å². The maximum Gasteiger partial charge on any atom is 0.263 e. The second-order valence-corrected chi connectivity index (χ2v) is 5.61. The fourth-order valence-electron chi connectivity index (χ4n) is 1.39. The second-order valence-electron chi connectivity index (χ2n) is 3.52. The minimum absolute atomic E-state index is 0.0105. The van der Waals surface area contributed by atoms with Gasteiger partial charge in [0.05, 0.1) is 11.4 Å².